The van der Waals surface area contributed by atoms with Crippen molar-refractivity contribution in [1.29, 1.82) is 0 Å². The molecule has 2 aromatic rings. The lowest BCUT2D eigenvalue weighted by Gasteiger charge is -2.29. The second-order valence-electron chi connectivity index (χ2n) is 5.71. The molecular formula is C17H18ClN3O. The van der Waals surface area contributed by atoms with Crippen molar-refractivity contribution in [2.24, 2.45) is 0 Å². The Bertz CT molecular complexity index is 665. The van der Waals surface area contributed by atoms with Crippen LogP contribution < -0.4 is 0 Å². The van der Waals surface area contributed by atoms with Gasteiger partial charge in [0.15, 0.2) is 0 Å². The quantitative estimate of drug-likeness (QED) is 0.862. The molecule has 22 heavy (non-hydrogen) atoms. The van der Waals surface area contributed by atoms with Crippen molar-refractivity contribution in [3.63, 3.8) is 0 Å². The molecule has 0 bridgehead atoms. The zero-order valence-corrected chi connectivity index (χ0v) is 13.4. The molecule has 1 unspecified atom stereocenters. The van der Waals surface area contributed by atoms with E-state index in [-0.39, 0.29) is 11.9 Å². The van der Waals surface area contributed by atoms with Crippen LogP contribution in [0.25, 0.3) is 0 Å². The van der Waals surface area contributed by atoms with E-state index in [1.54, 1.807) is 12.4 Å². The second kappa shape index (κ2) is 6.05. The van der Waals surface area contributed by atoms with Crippen LogP contribution in [-0.4, -0.2) is 26.8 Å². The number of rotatable bonds is 4. The first-order valence-corrected chi connectivity index (χ1v) is 7.81. The van der Waals surface area contributed by atoms with Gasteiger partial charge in [-0.3, -0.25) is 9.78 Å². The minimum atomic E-state index is -0.0579. The van der Waals surface area contributed by atoms with Crippen LogP contribution in [0.2, 0.25) is 5.02 Å². The van der Waals surface area contributed by atoms with Gasteiger partial charge in [0.1, 0.15) is 5.69 Å². The number of halogens is 1. The van der Waals surface area contributed by atoms with E-state index in [4.69, 9.17) is 11.6 Å². The molecule has 1 aliphatic carbocycles. The largest absolute Gasteiger partial charge is 0.328 e. The Morgan fingerprint density at radius 3 is 2.45 bits per heavy atom. The summed E-state index contributed by atoms with van der Waals surface area (Å²) < 4.78 is 0. The van der Waals surface area contributed by atoms with Crippen LogP contribution in [0.4, 0.5) is 0 Å². The SMILES string of the molecule is Cc1cnc(C(=O)N(C2CC2)C(C)c2ccc(Cl)cc2)cn1. The summed E-state index contributed by atoms with van der Waals surface area (Å²) in [6.45, 7) is 3.90. The number of benzene rings is 1. The Kier molecular flexibility index (Phi) is 4.12. The van der Waals surface area contributed by atoms with Crippen molar-refractivity contribution in [2.45, 2.75) is 38.8 Å². The third-order valence-corrected chi connectivity index (χ3v) is 4.20. The average Bonchev–Trinajstić information content (AvgIpc) is 3.33. The Balaban J connectivity index is 1.87. The van der Waals surface area contributed by atoms with E-state index < -0.39 is 0 Å². The zero-order valence-electron chi connectivity index (χ0n) is 12.7. The van der Waals surface area contributed by atoms with Gasteiger partial charge >= 0.3 is 0 Å². The van der Waals surface area contributed by atoms with Gasteiger partial charge in [-0.25, -0.2) is 4.98 Å². The molecule has 1 atom stereocenters. The minimum absolute atomic E-state index is 0.0135. The predicted molar refractivity (Wildman–Crippen MR) is 85.8 cm³/mol. The third kappa shape index (κ3) is 3.12. The van der Waals surface area contributed by atoms with Crippen LogP contribution in [-0.2, 0) is 0 Å². The smallest absolute Gasteiger partial charge is 0.274 e. The molecule has 1 aromatic carbocycles. The first kappa shape index (κ1) is 15.0. The first-order valence-electron chi connectivity index (χ1n) is 7.43. The molecule has 0 aliphatic heterocycles. The van der Waals surface area contributed by atoms with E-state index in [9.17, 15) is 4.79 Å². The van der Waals surface area contributed by atoms with Crippen molar-refractivity contribution in [3.05, 3.63) is 58.6 Å². The Labute approximate surface area is 135 Å². The Hall–Kier alpha value is -1.94. The molecule has 114 valence electrons. The van der Waals surface area contributed by atoms with Crippen LogP contribution in [0.3, 0.4) is 0 Å². The maximum atomic E-state index is 12.8. The zero-order chi connectivity index (χ0) is 15.7. The van der Waals surface area contributed by atoms with E-state index in [0.717, 1.165) is 24.1 Å². The van der Waals surface area contributed by atoms with Gasteiger partial charge in [-0.15, -0.1) is 0 Å². The number of amides is 1. The fraction of sp³-hybridized carbons (Fsp3) is 0.353. The predicted octanol–water partition coefficient (Wildman–Crippen LogP) is 3.80. The van der Waals surface area contributed by atoms with Crippen LogP contribution in [0.15, 0.2) is 36.7 Å². The molecule has 1 aliphatic rings. The van der Waals surface area contributed by atoms with E-state index in [1.807, 2.05) is 43.0 Å². The Morgan fingerprint density at radius 1 is 1.23 bits per heavy atom. The van der Waals surface area contributed by atoms with Gasteiger partial charge in [-0.05, 0) is 44.4 Å². The van der Waals surface area contributed by atoms with Crippen LogP contribution in [0, 0.1) is 6.92 Å². The first-order chi connectivity index (χ1) is 10.6. The molecule has 4 nitrogen and oxygen atoms in total. The van der Waals surface area contributed by atoms with E-state index in [0.29, 0.717) is 16.8 Å². The summed E-state index contributed by atoms with van der Waals surface area (Å²) >= 11 is 5.95. The summed E-state index contributed by atoms with van der Waals surface area (Å²) in [5, 5.41) is 0.699. The molecule has 0 spiro atoms. The molecule has 0 radical (unpaired) electrons. The number of aryl methyl sites for hydroxylation is 1. The highest BCUT2D eigenvalue weighted by Crippen LogP contribution is 2.35. The maximum Gasteiger partial charge on any atom is 0.274 e. The van der Waals surface area contributed by atoms with Crippen LogP contribution in [0.1, 0.15) is 47.6 Å². The van der Waals surface area contributed by atoms with Crippen molar-refractivity contribution < 1.29 is 4.79 Å². The minimum Gasteiger partial charge on any atom is -0.328 e. The van der Waals surface area contributed by atoms with Crippen molar-refractivity contribution in [2.75, 3.05) is 0 Å². The Morgan fingerprint density at radius 2 is 1.91 bits per heavy atom. The number of hydrogen-bond donors (Lipinski definition) is 0. The molecule has 3 rings (SSSR count). The van der Waals surface area contributed by atoms with E-state index in [2.05, 4.69) is 9.97 Å². The second-order valence-corrected chi connectivity index (χ2v) is 6.15. The summed E-state index contributed by atoms with van der Waals surface area (Å²) in [6, 6.07) is 7.93. The lowest BCUT2D eigenvalue weighted by Crippen LogP contribution is -2.36. The van der Waals surface area contributed by atoms with Gasteiger partial charge in [-0.2, -0.15) is 0 Å². The van der Waals surface area contributed by atoms with Crippen molar-refractivity contribution in [3.8, 4) is 0 Å². The van der Waals surface area contributed by atoms with Gasteiger partial charge in [0.25, 0.3) is 5.91 Å². The molecule has 1 amide bonds. The molecule has 1 fully saturated rings. The lowest BCUT2D eigenvalue weighted by atomic mass is 10.1. The number of carbonyl (C=O) groups is 1. The van der Waals surface area contributed by atoms with Crippen LogP contribution in [0.5, 0.6) is 0 Å². The molecule has 1 saturated carbocycles. The standard InChI is InChI=1S/C17H18ClN3O/c1-11-9-20-16(10-19-11)17(22)21(15-7-8-15)12(2)13-3-5-14(18)6-4-13/h3-6,9-10,12,15H,7-8H2,1-2H3. The number of hydrogen-bond acceptors (Lipinski definition) is 3. The van der Waals surface area contributed by atoms with Gasteiger partial charge in [0.05, 0.1) is 17.9 Å². The fourth-order valence-electron chi connectivity index (χ4n) is 2.55. The summed E-state index contributed by atoms with van der Waals surface area (Å²) in [7, 11) is 0. The highest BCUT2D eigenvalue weighted by Gasteiger charge is 2.37. The molecule has 0 N–H and O–H groups in total. The highest BCUT2D eigenvalue weighted by molar-refractivity contribution is 6.30. The monoisotopic (exact) mass is 315 g/mol. The van der Waals surface area contributed by atoms with E-state index in [1.165, 1.54) is 0 Å². The summed E-state index contributed by atoms with van der Waals surface area (Å²) in [4.78, 5) is 23.1. The van der Waals surface area contributed by atoms with Gasteiger partial charge in [-0.1, -0.05) is 23.7 Å². The molecule has 5 heteroatoms. The molecular weight excluding hydrogens is 298 g/mol. The summed E-state index contributed by atoms with van der Waals surface area (Å²) in [6.07, 6.45) is 5.28. The number of nitrogens with zero attached hydrogens (tertiary/aromatic N) is 3. The normalized spacial score (nSPS) is 15.4. The summed E-state index contributed by atoms with van der Waals surface area (Å²) in [5.41, 5.74) is 2.28. The highest BCUT2D eigenvalue weighted by atomic mass is 35.5. The van der Waals surface area contributed by atoms with Gasteiger partial charge in [0.2, 0.25) is 0 Å². The average molecular weight is 316 g/mol. The molecule has 1 heterocycles. The van der Waals surface area contributed by atoms with Crippen molar-refractivity contribution >= 4 is 17.5 Å². The van der Waals surface area contributed by atoms with Gasteiger partial charge in [0, 0.05) is 17.3 Å². The van der Waals surface area contributed by atoms with E-state index >= 15 is 0 Å². The van der Waals surface area contributed by atoms with Gasteiger partial charge < -0.3 is 4.90 Å². The fourth-order valence-corrected chi connectivity index (χ4v) is 2.67. The topological polar surface area (TPSA) is 46.1 Å². The van der Waals surface area contributed by atoms with Crippen LogP contribution >= 0.6 is 11.6 Å². The summed E-state index contributed by atoms with van der Waals surface area (Å²) in [5.74, 6) is -0.0579. The molecule has 1 aromatic heterocycles. The third-order valence-electron chi connectivity index (χ3n) is 3.94. The maximum absolute atomic E-state index is 12.8. The number of carbonyl (C=O) groups excluding carboxylic acids is 1. The molecule has 0 saturated heterocycles. The lowest BCUT2D eigenvalue weighted by molar-refractivity contribution is 0.0667. The number of aromatic nitrogens is 2. The van der Waals surface area contributed by atoms with Crippen molar-refractivity contribution in [1.82, 2.24) is 14.9 Å².